The lowest BCUT2D eigenvalue weighted by Crippen LogP contribution is -2.30. The summed E-state index contributed by atoms with van der Waals surface area (Å²) < 4.78 is 5.89. The first-order chi connectivity index (χ1) is 14.6. The Morgan fingerprint density at radius 1 is 0.833 bits per heavy atom. The van der Waals surface area contributed by atoms with Gasteiger partial charge in [0, 0.05) is 0 Å². The van der Waals surface area contributed by atoms with Crippen LogP contribution in [0, 0.1) is 5.92 Å². The minimum absolute atomic E-state index is 0.00704. The highest BCUT2D eigenvalue weighted by molar-refractivity contribution is 7.95. The summed E-state index contributed by atoms with van der Waals surface area (Å²) in [5.41, 5.74) is 0. The largest absolute Gasteiger partial charge is 0.366 e. The molecule has 0 radical (unpaired) electrons. The van der Waals surface area contributed by atoms with Crippen molar-refractivity contribution in [1.82, 2.24) is 0 Å². The zero-order valence-corrected chi connectivity index (χ0v) is 18.5. The number of hydrogen-bond donors (Lipinski definition) is 0. The van der Waals surface area contributed by atoms with E-state index in [4.69, 9.17) is 4.74 Å². The first-order valence-corrected chi connectivity index (χ1v) is 12.1. The summed E-state index contributed by atoms with van der Waals surface area (Å²) in [6.45, 7) is 5.73. The normalized spacial score (nSPS) is 12.4. The zero-order chi connectivity index (χ0) is 21.4. The molecular weight excluding hydrogens is 387 g/mol. The van der Waals surface area contributed by atoms with Crippen molar-refractivity contribution in [2.24, 2.45) is 5.92 Å². The lowest BCUT2D eigenvalue weighted by molar-refractivity contribution is -0.118. The van der Waals surface area contributed by atoms with E-state index in [2.05, 4.69) is 56.8 Å². The number of ketones is 1. The average molecular weight is 417 g/mol. The molecule has 0 spiro atoms. The molecule has 0 heterocycles. The summed E-state index contributed by atoms with van der Waals surface area (Å²) >= 11 is 0. The van der Waals surface area contributed by atoms with Crippen molar-refractivity contribution in [1.29, 1.82) is 0 Å². The van der Waals surface area contributed by atoms with Gasteiger partial charge in [-0.15, -0.1) is 6.58 Å². The minimum atomic E-state index is -2.28. The van der Waals surface area contributed by atoms with Gasteiger partial charge in [0.15, 0.2) is 5.78 Å². The third-order valence-corrected chi connectivity index (χ3v) is 9.15. The van der Waals surface area contributed by atoms with Crippen LogP contribution < -0.4 is 15.9 Å². The lowest BCUT2D eigenvalue weighted by Gasteiger charge is -2.28. The van der Waals surface area contributed by atoms with Crippen molar-refractivity contribution < 1.29 is 9.53 Å². The number of hydrogen-bond acceptors (Lipinski definition) is 2. The molecule has 1 unspecified atom stereocenters. The lowest BCUT2D eigenvalue weighted by atomic mass is 10.1. The standard InChI is InChI=1S/C27H29O2P/c1-4-27(22(2)3)29-20-23(28)21-30(24-14-8-5-9-15-24,25-16-10-6-11-17-25)26-18-12-7-13-19-26/h4-19,21-22,27H,1,20H2,2-3H3. The summed E-state index contributed by atoms with van der Waals surface area (Å²) in [5.74, 6) is 2.19. The van der Waals surface area contributed by atoms with Crippen molar-refractivity contribution in [3.63, 3.8) is 0 Å². The number of carbonyl (C=O) groups is 1. The summed E-state index contributed by atoms with van der Waals surface area (Å²) in [5, 5.41) is 3.46. The fourth-order valence-electron chi connectivity index (χ4n) is 3.62. The fourth-order valence-corrected chi connectivity index (χ4v) is 7.40. The maximum absolute atomic E-state index is 13.2. The van der Waals surface area contributed by atoms with Gasteiger partial charge in [-0.3, -0.25) is 4.79 Å². The van der Waals surface area contributed by atoms with E-state index >= 15 is 0 Å². The average Bonchev–Trinajstić information content (AvgIpc) is 2.79. The van der Waals surface area contributed by atoms with Crippen molar-refractivity contribution in [2.45, 2.75) is 20.0 Å². The first kappa shape index (κ1) is 22.0. The van der Waals surface area contributed by atoms with Crippen molar-refractivity contribution in [2.75, 3.05) is 6.61 Å². The summed E-state index contributed by atoms with van der Waals surface area (Å²) in [6, 6.07) is 31.0. The van der Waals surface area contributed by atoms with Crippen LogP contribution in [0.15, 0.2) is 104 Å². The Balaban J connectivity index is 2.17. The molecular formula is C27H29O2P. The second-order valence-corrected chi connectivity index (χ2v) is 10.8. The molecule has 0 fully saturated rings. The van der Waals surface area contributed by atoms with Crippen LogP contribution in [-0.4, -0.2) is 24.3 Å². The Morgan fingerprint density at radius 3 is 1.57 bits per heavy atom. The smallest absolute Gasteiger partial charge is 0.182 e. The molecule has 0 saturated heterocycles. The van der Waals surface area contributed by atoms with Gasteiger partial charge in [0.05, 0.1) is 6.10 Å². The molecule has 0 aliphatic heterocycles. The van der Waals surface area contributed by atoms with Gasteiger partial charge >= 0.3 is 0 Å². The molecule has 3 aromatic rings. The van der Waals surface area contributed by atoms with E-state index in [1.165, 1.54) is 0 Å². The van der Waals surface area contributed by atoms with Crippen LogP contribution in [0.25, 0.3) is 0 Å². The Kier molecular flexibility index (Phi) is 7.63. The van der Waals surface area contributed by atoms with Gasteiger partial charge in [-0.1, -0.05) is 111 Å². The van der Waals surface area contributed by atoms with Gasteiger partial charge in [0.2, 0.25) is 0 Å². The van der Waals surface area contributed by atoms with Crippen LogP contribution in [0.3, 0.4) is 0 Å². The Bertz CT molecular complexity index is 905. The molecule has 0 aliphatic rings. The van der Waals surface area contributed by atoms with Crippen LogP contribution in [0.1, 0.15) is 13.8 Å². The molecule has 0 bridgehead atoms. The van der Waals surface area contributed by atoms with Gasteiger partial charge in [-0.25, -0.2) is 0 Å². The van der Waals surface area contributed by atoms with Gasteiger partial charge in [0.25, 0.3) is 0 Å². The van der Waals surface area contributed by atoms with Crippen molar-refractivity contribution in [3.8, 4) is 0 Å². The number of Topliss-reactive ketones (excluding diaryl/α,β-unsaturated/α-hetero) is 1. The van der Waals surface area contributed by atoms with E-state index in [-0.39, 0.29) is 24.4 Å². The highest BCUT2D eigenvalue weighted by Gasteiger charge is 2.26. The SMILES string of the molecule is C=CC(OCC(=O)C=P(c1ccccc1)(c1ccccc1)c1ccccc1)C(C)C. The molecule has 0 amide bonds. The first-order valence-electron chi connectivity index (χ1n) is 10.3. The highest BCUT2D eigenvalue weighted by atomic mass is 31.2. The van der Waals surface area contributed by atoms with E-state index in [0.717, 1.165) is 15.9 Å². The second-order valence-electron chi connectivity index (χ2n) is 7.58. The minimum Gasteiger partial charge on any atom is -0.366 e. The highest BCUT2D eigenvalue weighted by Crippen LogP contribution is 2.43. The molecule has 2 nitrogen and oxygen atoms in total. The van der Waals surface area contributed by atoms with Gasteiger partial charge in [0.1, 0.15) is 6.61 Å². The zero-order valence-electron chi connectivity index (χ0n) is 17.6. The molecule has 0 saturated carbocycles. The third-order valence-electron chi connectivity index (χ3n) is 5.14. The van der Waals surface area contributed by atoms with Crippen LogP contribution in [0.4, 0.5) is 0 Å². The maximum atomic E-state index is 13.2. The Hall–Kier alpha value is -2.67. The summed E-state index contributed by atoms with van der Waals surface area (Å²) in [6.07, 6.45) is 1.63. The molecule has 154 valence electrons. The third kappa shape index (κ3) is 4.90. The fraction of sp³-hybridized carbons (Fsp3) is 0.185. The van der Waals surface area contributed by atoms with E-state index in [0.29, 0.717) is 0 Å². The van der Waals surface area contributed by atoms with Crippen LogP contribution in [-0.2, 0) is 9.53 Å². The predicted molar refractivity (Wildman–Crippen MR) is 131 cm³/mol. The summed E-state index contributed by atoms with van der Waals surface area (Å²) in [4.78, 5) is 13.2. The van der Waals surface area contributed by atoms with Crippen molar-refractivity contribution in [3.05, 3.63) is 104 Å². The second kappa shape index (κ2) is 10.4. The van der Waals surface area contributed by atoms with Crippen LogP contribution in [0.5, 0.6) is 0 Å². The maximum Gasteiger partial charge on any atom is 0.182 e. The predicted octanol–water partition coefficient (Wildman–Crippen LogP) is 4.58. The molecule has 0 aliphatic carbocycles. The van der Waals surface area contributed by atoms with E-state index < -0.39 is 6.89 Å². The molecule has 30 heavy (non-hydrogen) atoms. The van der Waals surface area contributed by atoms with E-state index in [9.17, 15) is 4.79 Å². The van der Waals surface area contributed by atoms with Gasteiger partial charge in [-0.05, 0) is 34.5 Å². The quantitative estimate of drug-likeness (QED) is 0.377. The van der Waals surface area contributed by atoms with E-state index in [1.54, 1.807) is 6.08 Å². The van der Waals surface area contributed by atoms with Crippen molar-refractivity contribution >= 4 is 34.4 Å². The Labute approximate surface area is 180 Å². The molecule has 0 N–H and O–H groups in total. The number of rotatable bonds is 9. The molecule has 3 aromatic carbocycles. The molecule has 1 atom stereocenters. The molecule has 3 rings (SSSR count). The number of benzene rings is 3. The summed E-state index contributed by atoms with van der Waals surface area (Å²) in [7, 11) is 0. The molecule has 3 heteroatoms. The Morgan fingerprint density at radius 2 is 1.23 bits per heavy atom. The van der Waals surface area contributed by atoms with Gasteiger partial charge in [-0.2, -0.15) is 0 Å². The van der Waals surface area contributed by atoms with Gasteiger partial charge < -0.3 is 4.74 Å². The number of ether oxygens (including phenoxy) is 1. The monoisotopic (exact) mass is 416 g/mol. The van der Waals surface area contributed by atoms with Crippen LogP contribution >= 0.6 is 6.89 Å². The van der Waals surface area contributed by atoms with E-state index in [1.807, 2.05) is 60.4 Å². The molecule has 0 aromatic heterocycles. The number of carbonyl (C=O) groups excluding carboxylic acids is 1. The topological polar surface area (TPSA) is 26.3 Å². The van der Waals surface area contributed by atoms with Crippen LogP contribution in [0.2, 0.25) is 0 Å².